The molecule has 24 heavy (non-hydrogen) atoms. The minimum absolute atomic E-state index is 0.398. The van der Waals surface area contributed by atoms with Crippen molar-refractivity contribution >= 4 is 17.3 Å². The number of thiazole rings is 1. The highest BCUT2D eigenvalue weighted by molar-refractivity contribution is 7.09. The van der Waals surface area contributed by atoms with Gasteiger partial charge in [0.2, 0.25) is 0 Å². The lowest BCUT2D eigenvalue weighted by molar-refractivity contribution is 0.439. The number of rotatable bonds is 6. The van der Waals surface area contributed by atoms with E-state index in [0.717, 1.165) is 36.2 Å². The zero-order chi connectivity index (χ0) is 17.0. The Balaban J connectivity index is 1.54. The Morgan fingerprint density at radius 1 is 1.33 bits per heavy atom. The molecule has 0 bridgehead atoms. The normalized spacial score (nSPS) is 16.0. The van der Waals surface area contributed by atoms with E-state index in [1.807, 2.05) is 14.0 Å². The summed E-state index contributed by atoms with van der Waals surface area (Å²) in [6.45, 7) is 3.81. The predicted octanol–water partition coefficient (Wildman–Crippen LogP) is 3.48. The van der Waals surface area contributed by atoms with Gasteiger partial charge in [0.15, 0.2) is 5.96 Å². The van der Waals surface area contributed by atoms with Gasteiger partial charge in [-0.2, -0.15) is 0 Å². The van der Waals surface area contributed by atoms with Crippen molar-refractivity contribution in [3.63, 3.8) is 0 Å². The molecule has 0 aliphatic heterocycles. The molecule has 0 saturated heterocycles. The standard InChI is InChI=1S/C19H26N4S/c1-15-22-17(13-24-15)12-23(3)18(20-2)21-14-19(9-10-19)11-16-7-5-4-6-8-16/h4-8,13H,9-12,14H2,1-3H3,(H,20,21). The van der Waals surface area contributed by atoms with Crippen LogP contribution in [-0.2, 0) is 13.0 Å². The Morgan fingerprint density at radius 2 is 2.08 bits per heavy atom. The van der Waals surface area contributed by atoms with Crippen molar-refractivity contribution in [3.05, 3.63) is 52.0 Å². The molecule has 0 radical (unpaired) electrons. The van der Waals surface area contributed by atoms with E-state index in [9.17, 15) is 0 Å². The number of aromatic nitrogens is 1. The quantitative estimate of drug-likeness (QED) is 0.645. The summed E-state index contributed by atoms with van der Waals surface area (Å²) in [6, 6.07) is 10.8. The van der Waals surface area contributed by atoms with Crippen molar-refractivity contribution in [1.82, 2.24) is 15.2 Å². The highest BCUT2D eigenvalue weighted by atomic mass is 32.1. The lowest BCUT2D eigenvalue weighted by Crippen LogP contribution is -2.41. The number of nitrogens with zero attached hydrogens (tertiary/aromatic N) is 3. The third-order valence-corrected chi connectivity index (χ3v) is 5.46. The van der Waals surface area contributed by atoms with Crippen LogP contribution in [0.1, 0.15) is 29.1 Å². The van der Waals surface area contributed by atoms with Gasteiger partial charge >= 0.3 is 0 Å². The van der Waals surface area contributed by atoms with Gasteiger partial charge in [-0.05, 0) is 37.2 Å². The van der Waals surface area contributed by atoms with Gasteiger partial charge in [0.05, 0.1) is 17.2 Å². The molecule has 128 valence electrons. The maximum Gasteiger partial charge on any atom is 0.193 e. The van der Waals surface area contributed by atoms with Gasteiger partial charge in [0.1, 0.15) is 0 Å². The molecule has 1 aromatic heterocycles. The molecule has 4 nitrogen and oxygen atoms in total. The second-order valence-electron chi connectivity index (χ2n) is 6.78. The van der Waals surface area contributed by atoms with Crippen LogP contribution in [0, 0.1) is 12.3 Å². The largest absolute Gasteiger partial charge is 0.356 e. The molecule has 3 rings (SSSR count). The number of hydrogen-bond donors (Lipinski definition) is 1. The second kappa shape index (κ2) is 7.34. The van der Waals surface area contributed by atoms with Gasteiger partial charge in [-0.15, -0.1) is 11.3 Å². The average Bonchev–Trinajstić information content (AvgIpc) is 3.21. The minimum atomic E-state index is 0.398. The second-order valence-corrected chi connectivity index (χ2v) is 7.84. The first-order valence-electron chi connectivity index (χ1n) is 8.47. The molecular formula is C19H26N4S. The summed E-state index contributed by atoms with van der Waals surface area (Å²) in [5, 5.41) is 6.80. The molecular weight excluding hydrogens is 316 g/mol. The molecule has 1 saturated carbocycles. The van der Waals surface area contributed by atoms with Crippen LogP contribution in [0.25, 0.3) is 0 Å². The summed E-state index contributed by atoms with van der Waals surface area (Å²) in [4.78, 5) is 11.1. The van der Waals surface area contributed by atoms with Gasteiger partial charge in [-0.1, -0.05) is 30.3 Å². The van der Waals surface area contributed by atoms with Crippen LogP contribution in [0.3, 0.4) is 0 Å². The highest BCUT2D eigenvalue weighted by Crippen LogP contribution is 2.47. The van der Waals surface area contributed by atoms with Gasteiger partial charge < -0.3 is 10.2 Å². The van der Waals surface area contributed by atoms with Gasteiger partial charge in [-0.25, -0.2) is 4.98 Å². The fourth-order valence-electron chi connectivity index (χ4n) is 3.07. The molecule has 0 amide bonds. The number of aliphatic imine (C=N–C) groups is 1. The zero-order valence-corrected chi connectivity index (χ0v) is 15.6. The number of nitrogens with one attached hydrogen (secondary N) is 1. The van der Waals surface area contributed by atoms with Crippen LogP contribution in [0.4, 0.5) is 0 Å². The third kappa shape index (κ3) is 4.35. The average molecular weight is 343 g/mol. The lowest BCUT2D eigenvalue weighted by atomic mass is 9.96. The van der Waals surface area contributed by atoms with E-state index >= 15 is 0 Å². The number of guanidine groups is 1. The van der Waals surface area contributed by atoms with Crippen molar-refractivity contribution in [1.29, 1.82) is 0 Å². The Morgan fingerprint density at radius 3 is 2.67 bits per heavy atom. The summed E-state index contributed by atoms with van der Waals surface area (Å²) in [5.41, 5.74) is 2.93. The monoisotopic (exact) mass is 342 g/mol. The summed E-state index contributed by atoms with van der Waals surface area (Å²) in [6.07, 6.45) is 3.73. The van der Waals surface area contributed by atoms with Crippen LogP contribution in [0.2, 0.25) is 0 Å². The Labute approximate surface area is 148 Å². The minimum Gasteiger partial charge on any atom is -0.356 e. The molecule has 1 fully saturated rings. The van der Waals surface area contributed by atoms with E-state index in [4.69, 9.17) is 0 Å². The molecule has 1 aromatic carbocycles. The van der Waals surface area contributed by atoms with Gasteiger partial charge in [-0.3, -0.25) is 4.99 Å². The molecule has 0 atom stereocenters. The van der Waals surface area contributed by atoms with Crippen molar-refractivity contribution in [2.45, 2.75) is 32.7 Å². The maximum absolute atomic E-state index is 4.54. The van der Waals surface area contributed by atoms with E-state index in [1.54, 1.807) is 11.3 Å². The smallest absolute Gasteiger partial charge is 0.193 e. The molecule has 0 spiro atoms. The maximum atomic E-state index is 4.54. The Kier molecular flexibility index (Phi) is 5.19. The molecule has 5 heteroatoms. The molecule has 1 aliphatic rings. The zero-order valence-electron chi connectivity index (χ0n) is 14.7. The Hall–Kier alpha value is -1.88. The van der Waals surface area contributed by atoms with Gasteiger partial charge in [0.25, 0.3) is 0 Å². The number of hydrogen-bond acceptors (Lipinski definition) is 3. The van der Waals surface area contributed by atoms with Gasteiger partial charge in [0, 0.05) is 26.0 Å². The SMILES string of the molecule is CN=C(NCC1(Cc2ccccc2)CC1)N(C)Cc1csc(C)n1. The van der Waals surface area contributed by atoms with Crippen molar-refractivity contribution in [2.75, 3.05) is 20.6 Å². The fourth-order valence-corrected chi connectivity index (χ4v) is 3.68. The summed E-state index contributed by atoms with van der Waals surface area (Å²) < 4.78 is 0. The lowest BCUT2D eigenvalue weighted by Gasteiger charge is -2.24. The highest BCUT2D eigenvalue weighted by Gasteiger charge is 2.42. The van der Waals surface area contributed by atoms with E-state index in [2.05, 4.69) is 63.0 Å². The van der Waals surface area contributed by atoms with E-state index in [1.165, 1.54) is 18.4 Å². The molecule has 0 unspecified atom stereocenters. The molecule has 2 aromatic rings. The van der Waals surface area contributed by atoms with E-state index < -0.39 is 0 Å². The van der Waals surface area contributed by atoms with Crippen LogP contribution in [-0.4, -0.2) is 36.5 Å². The first-order chi connectivity index (χ1) is 11.6. The van der Waals surface area contributed by atoms with E-state index in [0.29, 0.717) is 5.41 Å². The third-order valence-electron chi connectivity index (χ3n) is 4.64. The molecule has 1 heterocycles. The molecule has 1 aliphatic carbocycles. The van der Waals surface area contributed by atoms with Crippen LogP contribution in [0.5, 0.6) is 0 Å². The van der Waals surface area contributed by atoms with Crippen LogP contribution < -0.4 is 5.32 Å². The van der Waals surface area contributed by atoms with E-state index in [-0.39, 0.29) is 0 Å². The Bertz CT molecular complexity index is 688. The first-order valence-corrected chi connectivity index (χ1v) is 9.35. The van der Waals surface area contributed by atoms with Crippen molar-refractivity contribution in [2.24, 2.45) is 10.4 Å². The summed E-state index contributed by atoms with van der Waals surface area (Å²) >= 11 is 1.70. The van der Waals surface area contributed by atoms with Crippen molar-refractivity contribution < 1.29 is 0 Å². The number of benzene rings is 1. The predicted molar refractivity (Wildman–Crippen MR) is 101 cm³/mol. The van der Waals surface area contributed by atoms with Crippen LogP contribution in [0.15, 0.2) is 40.7 Å². The molecule has 1 N–H and O–H groups in total. The topological polar surface area (TPSA) is 40.5 Å². The summed E-state index contributed by atoms with van der Waals surface area (Å²) in [7, 11) is 3.92. The number of aryl methyl sites for hydroxylation is 1. The first kappa shape index (κ1) is 17.0. The summed E-state index contributed by atoms with van der Waals surface area (Å²) in [5.74, 6) is 0.944. The van der Waals surface area contributed by atoms with Crippen molar-refractivity contribution in [3.8, 4) is 0 Å². The van der Waals surface area contributed by atoms with Crippen LogP contribution >= 0.6 is 11.3 Å². The fraction of sp³-hybridized carbons (Fsp3) is 0.474.